The molecule has 0 aliphatic carbocycles. The van der Waals surface area contributed by atoms with Crippen molar-refractivity contribution in [2.75, 3.05) is 7.11 Å². The first kappa shape index (κ1) is 37.4. The van der Waals surface area contributed by atoms with Crippen LogP contribution in [-0.4, -0.2) is 27.0 Å². The fraction of sp³-hybridized carbons (Fsp3) is 0.447. The number of nitrogens with zero attached hydrogens (tertiary/aromatic N) is 2. The Kier molecular flexibility index (Phi) is 11.9. The third-order valence-electron chi connectivity index (χ3n) is 11.4. The van der Waals surface area contributed by atoms with Crippen molar-refractivity contribution in [1.29, 1.82) is 0 Å². The number of allylic oxidation sites excluding steroid dienone is 4. The predicted octanol–water partition coefficient (Wildman–Crippen LogP) is 13.5. The average Bonchev–Trinajstić information content (AvgIpc) is 3.81. The van der Waals surface area contributed by atoms with E-state index in [0.717, 1.165) is 117 Å². The van der Waals surface area contributed by atoms with Crippen LogP contribution in [0.1, 0.15) is 151 Å². The van der Waals surface area contributed by atoms with Crippen molar-refractivity contribution in [3.63, 3.8) is 0 Å². The Hall–Kier alpha value is -4.38. The minimum atomic E-state index is 0.839. The predicted molar refractivity (Wildman–Crippen MR) is 224 cm³/mol. The van der Waals surface area contributed by atoms with Gasteiger partial charge in [-0.1, -0.05) is 71.6 Å². The number of rotatable bonds is 14. The van der Waals surface area contributed by atoms with E-state index < -0.39 is 0 Å². The molecule has 5 nitrogen and oxygen atoms in total. The molecule has 5 heteroatoms. The number of hydrogen-bond acceptors (Lipinski definition) is 3. The van der Waals surface area contributed by atoms with E-state index >= 15 is 0 Å². The maximum absolute atomic E-state index is 6.07. The van der Waals surface area contributed by atoms with E-state index in [-0.39, 0.29) is 0 Å². The van der Waals surface area contributed by atoms with Crippen molar-refractivity contribution in [2.45, 2.75) is 132 Å². The van der Waals surface area contributed by atoms with Crippen LogP contribution in [0.3, 0.4) is 0 Å². The molecule has 2 N–H and O–H groups in total. The first-order chi connectivity index (χ1) is 25.3. The van der Waals surface area contributed by atoms with Crippen LogP contribution in [0.4, 0.5) is 0 Å². The summed E-state index contributed by atoms with van der Waals surface area (Å²) in [7, 11) is 1.77. The fourth-order valence-electron chi connectivity index (χ4n) is 8.16. The van der Waals surface area contributed by atoms with Crippen LogP contribution in [-0.2, 0) is 12.8 Å². The summed E-state index contributed by atoms with van der Waals surface area (Å²) in [4.78, 5) is 19.1. The van der Waals surface area contributed by atoms with Crippen LogP contribution in [0, 0.1) is 13.8 Å². The van der Waals surface area contributed by atoms with Gasteiger partial charge in [-0.05, 0) is 148 Å². The lowest BCUT2D eigenvalue weighted by atomic mass is 9.92. The highest BCUT2D eigenvalue weighted by molar-refractivity contribution is 6.03. The smallest absolute Gasteiger partial charge is 0.126 e. The van der Waals surface area contributed by atoms with Gasteiger partial charge in [0.05, 0.1) is 29.9 Å². The van der Waals surface area contributed by atoms with Gasteiger partial charge in [-0.2, -0.15) is 0 Å². The van der Waals surface area contributed by atoms with Crippen LogP contribution in [0.2, 0.25) is 0 Å². The molecule has 52 heavy (non-hydrogen) atoms. The molecule has 3 aromatic heterocycles. The van der Waals surface area contributed by atoms with Crippen molar-refractivity contribution in [2.24, 2.45) is 0 Å². The molecule has 274 valence electrons. The number of methoxy groups -OCH3 is 1. The molecule has 2 aliphatic heterocycles. The number of unbranched alkanes of at least 4 members (excludes halogenated alkanes) is 4. The molecule has 2 aliphatic rings. The number of aryl methyl sites for hydroxylation is 4. The van der Waals surface area contributed by atoms with E-state index in [2.05, 4.69) is 108 Å². The number of fused-ring (bicyclic) bond motifs is 8. The summed E-state index contributed by atoms with van der Waals surface area (Å²) >= 11 is 0. The molecule has 6 rings (SSSR count). The number of aromatic nitrogens is 4. The van der Waals surface area contributed by atoms with Crippen molar-refractivity contribution in [3.05, 3.63) is 87.5 Å². The number of hydrogen-bond donors (Lipinski definition) is 2. The van der Waals surface area contributed by atoms with Gasteiger partial charge < -0.3 is 14.7 Å². The summed E-state index contributed by atoms with van der Waals surface area (Å²) in [6.45, 7) is 18.2. The zero-order chi connectivity index (χ0) is 36.9. The highest BCUT2D eigenvalue weighted by Gasteiger charge is 2.28. The van der Waals surface area contributed by atoms with Gasteiger partial charge >= 0.3 is 0 Å². The number of H-pyrrole nitrogens is 2. The van der Waals surface area contributed by atoms with Crippen LogP contribution >= 0.6 is 0 Å². The van der Waals surface area contributed by atoms with Gasteiger partial charge in [-0.25, -0.2) is 9.97 Å². The zero-order valence-electron chi connectivity index (χ0n) is 33.3. The number of benzene rings is 1. The highest BCUT2D eigenvalue weighted by atomic mass is 16.5. The van der Waals surface area contributed by atoms with Gasteiger partial charge in [0, 0.05) is 33.2 Å². The molecule has 8 bridgehead atoms. The van der Waals surface area contributed by atoms with Gasteiger partial charge in [0.2, 0.25) is 0 Å². The maximum atomic E-state index is 6.07. The second kappa shape index (κ2) is 16.5. The molecular formula is C47H60N4O. The van der Waals surface area contributed by atoms with Crippen LogP contribution < -0.4 is 4.74 Å². The molecular weight excluding hydrogens is 637 g/mol. The molecule has 0 fully saturated rings. The van der Waals surface area contributed by atoms with Gasteiger partial charge in [-0.3, -0.25) is 0 Å². The lowest BCUT2D eigenvalue weighted by molar-refractivity contribution is 0.416. The minimum absolute atomic E-state index is 0.839. The Morgan fingerprint density at radius 1 is 0.558 bits per heavy atom. The lowest BCUT2D eigenvalue weighted by Gasteiger charge is -2.13. The Balaban J connectivity index is 1.86. The van der Waals surface area contributed by atoms with Gasteiger partial charge in [0.1, 0.15) is 5.75 Å². The minimum Gasteiger partial charge on any atom is -0.496 e. The van der Waals surface area contributed by atoms with Crippen LogP contribution in [0.25, 0.3) is 55.5 Å². The SMILES string of the molecule is CCCCC1=C(C)c2nc1cc1[nH]c(cc3[nH]c(cc4nc(c2-c2ccccc2OC)C(C)=C4CCCC)c(CCCC)c3C)c(C)c1CCCC. The molecule has 4 aromatic rings. The van der Waals surface area contributed by atoms with E-state index in [4.69, 9.17) is 14.7 Å². The molecule has 0 atom stereocenters. The Morgan fingerprint density at radius 2 is 1.00 bits per heavy atom. The third-order valence-corrected chi connectivity index (χ3v) is 11.4. The fourth-order valence-corrected chi connectivity index (χ4v) is 8.16. The van der Waals surface area contributed by atoms with Crippen LogP contribution in [0.5, 0.6) is 5.75 Å². The molecule has 0 saturated heterocycles. The first-order valence-electron chi connectivity index (χ1n) is 20.1. The summed E-state index contributed by atoms with van der Waals surface area (Å²) < 4.78 is 6.07. The Morgan fingerprint density at radius 3 is 1.44 bits per heavy atom. The van der Waals surface area contributed by atoms with Crippen molar-refractivity contribution >= 4 is 44.4 Å². The number of para-hydroxylation sites is 1. The number of nitrogens with one attached hydrogen (secondary N) is 2. The van der Waals surface area contributed by atoms with E-state index in [0.29, 0.717) is 0 Å². The third kappa shape index (κ3) is 7.16. The molecule has 0 amide bonds. The Bertz CT molecular complexity index is 2050. The summed E-state index contributed by atoms with van der Waals surface area (Å²) in [5, 5.41) is 0. The zero-order valence-corrected chi connectivity index (χ0v) is 33.3. The highest BCUT2D eigenvalue weighted by Crippen LogP contribution is 2.46. The van der Waals surface area contributed by atoms with E-state index in [1.54, 1.807) is 7.11 Å². The lowest BCUT2D eigenvalue weighted by Crippen LogP contribution is -1.96. The molecule has 0 spiro atoms. The van der Waals surface area contributed by atoms with E-state index in [1.165, 1.54) is 66.6 Å². The molecule has 0 unspecified atom stereocenters. The van der Waals surface area contributed by atoms with E-state index in [1.807, 2.05) is 0 Å². The van der Waals surface area contributed by atoms with Gasteiger partial charge in [-0.15, -0.1) is 0 Å². The summed E-state index contributed by atoms with van der Waals surface area (Å²) in [6.07, 6.45) is 13.2. The average molecular weight is 697 g/mol. The molecule has 0 radical (unpaired) electrons. The molecule has 0 saturated carbocycles. The Labute approximate surface area is 312 Å². The standard InChI is InChI=1S/C47H60N4O/c1-10-14-20-33-29(5)38-26-39-30(6)34(21-15-11-2)41(49-39)28-43-36(23-17-13-4)32(8)47(51-43)45(37-24-18-19-25-44(37)52-9)46-31(7)35(22-16-12-3)42(50-46)27-40(33)48-38/h18-19,24-28,48-49H,10-17,20-23H2,1-9H3. The van der Waals surface area contributed by atoms with Crippen molar-refractivity contribution in [1.82, 2.24) is 19.9 Å². The van der Waals surface area contributed by atoms with Crippen molar-refractivity contribution in [3.8, 4) is 16.9 Å². The topological polar surface area (TPSA) is 66.6 Å². The molecule has 1 aromatic carbocycles. The summed E-state index contributed by atoms with van der Waals surface area (Å²) in [5.74, 6) is 0.839. The van der Waals surface area contributed by atoms with Crippen molar-refractivity contribution < 1.29 is 4.74 Å². The summed E-state index contributed by atoms with van der Waals surface area (Å²) in [5.41, 5.74) is 21.6. The normalized spacial score (nSPS) is 13.1. The first-order valence-corrected chi connectivity index (χ1v) is 20.1. The van der Waals surface area contributed by atoms with Crippen LogP contribution in [0.15, 0.2) is 42.5 Å². The van der Waals surface area contributed by atoms with Gasteiger partial charge in [0.25, 0.3) is 0 Å². The second-order valence-corrected chi connectivity index (χ2v) is 14.9. The second-order valence-electron chi connectivity index (χ2n) is 14.9. The van der Waals surface area contributed by atoms with Gasteiger partial charge in [0.15, 0.2) is 0 Å². The number of ether oxygens (including phenoxy) is 1. The largest absolute Gasteiger partial charge is 0.496 e. The molecule has 5 heterocycles. The van der Waals surface area contributed by atoms with E-state index in [9.17, 15) is 0 Å². The monoisotopic (exact) mass is 696 g/mol. The summed E-state index contributed by atoms with van der Waals surface area (Å²) in [6, 6.07) is 15.5. The number of aromatic amines is 2. The maximum Gasteiger partial charge on any atom is 0.126 e. The quantitative estimate of drug-likeness (QED) is 0.138.